The molecule has 1 heterocycles. The molecule has 1 atom stereocenters. The molecule has 1 aliphatic heterocycles. The van der Waals surface area contributed by atoms with Crippen LogP contribution in [-0.2, 0) is 0 Å². The van der Waals surface area contributed by atoms with Gasteiger partial charge in [0.25, 0.3) is 0 Å². The summed E-state index contributed by atoms with van der Waals surface area (Å²) < 4.78 is 0. The van der Waals surface area contributed by atoms with Gasteiger partial charge in [-0.15, -0.1) is 0 Å². The summed E-state index contributed by atoms with van der Waals surface area (Å²) in [6, 6.07) is 17.3. The maximum atomic E-state index is 4.14. The van der Waals surface area contributed by atoms with Crippen molar-refractivity contribution in [1.29, 1.82) is 0 Å². The predicted octanol–water partition coefficient (Wildman–Crippen LogP) is 5.49. The summed E-state index contributed by atoms with van der Waals surface area (Å²) in [5.41, 5.74) is 7.25. The van der Waals surface area contributed by atoms with Crippen molar-refractivity contribution in [2.24, 2.45) is 0 Å². The first-order chi connectivity index (χ1) is 10.6. The molecule has 2 aromatic carbocycles. The first-order valence-electron chi connectivity index (χ1n) is 7.62. The molecule has 1 heteroatoms. The number of rotatable bonds is 3. The van der Waals surface area contributed by atoms with Crippen LogP contribution in [0.15, 0.2) is 79.0 Å². The van der Waals surface area contributed by atoms with Crippen molar-refractivity contribution in [3.63, 3.8) is 0 Å². The van der Waals surface area contributed by atoms with Gasteiger partial charge in [-0.2, -0.15) is 0 Å². The fourth-order valence-electron chi connectivity index (χ4n) is 2.85. The van der Waals surface area contributed by atoms with Crippen LogP contribution >= 0.6 is 0 Å². The normalized spacial score (nSPS) is 16.8. The fraction of sp³-hybridized carbons (Fsp3) is 0.143. The number of benzene rings is 2. The molecular formula is C21H21N. The Balaban J connectivity index is 2.08. The first kappa shape index (κ1) is 14.4. The molecule has 0 fully saturated rings. The summed E-state index contributed by atoms with van der Waals surface area (Å²) in [7, 11) is 0. The van der Waals surface area contributed by atoms with E-state index in [0.29, 0.717) is 0 Å². The van der Waals surface area contributed by atoms with Gasteiger partial charge in [-0.05, 0) is 48.2 Å². The van der Waals surface area contributed by atoms with Crippen LogP contribution in [0.1, 0.15) is 31.0 Å². The molecule has 1 nitrogen and oxygen atoms in total. The molecule has 22 heavy (non-hydrogen) atoms. The lowest BCUT2D eigenvalue weighted by molar-refractivity contribution is 0.703. The summed E-state index contributed by atoms with van der Waals surface area (Å²) >= 11 is 0. The Morgan fingerprint density at radius 2 is 1.82 bits per heavy atom. The average molecular weight is 287 g/mol. The summed E-state index contributed by atoms with van der Waals surface area (Å²) in [5.74, 6) is 0. The zero-order valence-corrected chi connectivity index (χ0v) is 13.1. The smallest absolute Gasteiger partial charge is 0.0704 e. The maximum Gasteiger partial charge on any atom is 0.0704 e. The Kier molecular flexibility index (Phi) is 3.97. The largest absolute Gasteiger partial charge is 0.378 e. The van der Waals surface area contributed by atoms with Crippen LogP contribution in [0, 0.1) is 0 Å². The SMILES string of the molecule is C=C(C)c1ccc(-c2ccccc2)cc1C1C=CC=C(C)N1. The second-order valence-electron chi connectivity index (χ2n) is 5.80. The monoisotopic (exact) mass is 287 g/mol. The highest BCUT2D eigenvalue weighted by Crippen LogP contribution is 2.31. The number of hydrogen-bond donors (Lipinski definition) is 1. The summed E-state index contributed by atoms with van der Waals surface area (Å²) in [6.07, 6.45) is 6.41. The Bertz CT molecular complexity index is 751. The highest BCUT2D eigenvalue weighted by Gasteiger charge is 2.16. The van der Waals surface area contributed by atoms with Crippen molar-refractivity contribution in [3.8, 4) is 11.1 Å². The van der Waals surface area contributed by atoms with Crippen LogP contribution < -0.4 is 5.32 Å². The van der Waals surface area contributed by atoms with Crippen molar-refractivity contribution in [1.82, 2.24) is 5.32 Å². The Morgan fingerprint density at radius 3 is 2.50 bits per heavy atom. The molecule has 2 aromatic rings. The minimum atomic E-state index is 0.195. The van der Waals surface area contributed by atoms with Gasteiger partial charge in [0.2, 0.25) is 0 Å². The second kappa shape index (κ2) is 6.07. The average Bonchev–Trinajstić information content (AvgIpc) is 2.55. The third-order valence-electron chi connectivity index (χ3n) is 3.99. The van der Waals surface area contributed by atoms with E-state index >= 15 is 0 Å². The van der Waals surface area contributed by atoms with Crippen LogP contribution in [-0.4, -0.2) is 0 Å². The van der Waals surface area contributed by atoms with Gasteiger partial charge in [0.15, 0.2) is 0 Å². The molecule has 0 aromatic heterocycles. The van der Waals surface area contributed by atoms with Gasteiger partial charge >= 0.3 is 0 Å². The van der Waals surface area contributed by atoms with Gasteiger partial charge in [-0.3, -0.25) is 0 Å². The molecule has 0 amide bonds. The summed E-state index contributed by atoms with van der Waals surface area (Å²) in [6.45, 7) is 8.30. The van der Waals surface area contributed by atoms with Crippen LogP contribution in [0.4, 0.5) is 0 Å². The van der Waals surface area contributed by atoms with Crippen molar-refractivity contribution in [3.05, 3.63) is 90.2 Å². The molecule has 1 N–H and O–H groups in total. The lowest BCUT2D eigenvalue weighted by atomic mass is 9.91. The summed E-state index contributed by atoms with van der Waals surface area (Å²) in [5, 5.41) is 3.54. The lowest BCUT2D eigenvalue weighted by Crippen LogP contribution is -2.20. The number of hydrogen-bond acceptors (Lipinski definition) is 1. The van der Waals surface area contributed by atoms with E-state index in [1.165, 1.54) is 28.0 Å². The third-order valence-corrected chi connectivity index (χ3v) is 3.99. The highest BCUT2D eigenvalue weighted by molar-refractivity contribution is 5.72. The Labute approximate surface area is 132 Å². The molecule has 0 saturated carbocycles. The Morgan fingerprint density at radius 1 is 1.05 bits per heavy atom. The zero-order chi connectivity index (χ0) is 15.5. The molecule has 110 valence electrons. The van der Waals surface area contributed by atoms with E-state index in [9.17, 15) is 0 Å². The Hall–Kier alpha value is -2.54. The van der Waals surface area contributed by atoms with Gasteiger partial charge in [-0.1, -0.05) is 66.8 Å². The van der Waals surface area contributed by atoms with Crippen molar-refractivity contribution >= 4 is 5.57 Å². The van der Waals surface area contributed by atoms with E-state index in [-0.39, 0.29) is 6.04 Å². The predicted molar refractivity (Wildman–Crippen MR) is 95.4 cm³/mol. The van der Waals surface area contributed by atoms with E-state index in [4.69, 9.17) is 0 Å². The van der Waals surface area contributed by atoms with Crippen LogP contribution in [0.2, 0.25) is 0 Å². The van der Waals surface area contributed by atoms with E-state index < -0.39 is 0 Å². The van der Waals surface area contributed by atoms with Crippen LogP contribution in [0.25, 0.3) is 16.7 Å². The maximum absolute atomic E-state index is 4.14. The van der Waals surface area contributed by atoms with E-state index in [1.54, 1.807) is 0 Å². The molecule has 0 aliphatic carbocycles. The zero-order valence-electron chi connectivity index (χ0n) is 13.1. The minimum absolute atomic E-state index is 0.195. The van der Waals surface area contributed by atoms with Gasteiger partial charge in [0.1, 0.15) is 0 Å². The molecule has 0 radical (unpaired) electrons. The van der Waals surface area contributed by atoms with Crippen molar-refractivity contribution in [2.75, 3.05) is 0 Å². The highest BCUT2D eigenvalue weighted by atomic mass is 14.9. The van der Waals surface area contributed by atoms with E-state index in [1.807, 2.05) is 6.07 Å². The lowest BCUT2D eigenvalue weighted by Gasteiger charge is -2.23. The number of nitrogens with one attached hydrogen (secondary N) is 1. The van der Waals surface area contributed by atoms with Crippen molar-refractivity contribution < 1.29 is 0 Å². The van der Waals surface area contributed by atoms with Crippen LogP contribution in [0.3, 0.4) is 0 Å². The molecule has 1 aliphatic rings. The molecule has 0 spiro atoms. The topological polar surface area (TPSA) is 12.0 Å². The van der Waals surface area contributed by atoms with Gasteiger partial charge in [0, 0.05) is 5.70 Å². The standard InChI is InChI=1S/C21H21N/c1-15(2)19-13-12-18(17-9-5-4-6-10-17)14-20(19)21-11-7-8-16(3)22-21/h4-14,21-22H,1H2,2-3H3. The van der Waals surface area contributed by atoms with E-state index in [0.717, 1.165) is 5.57 Å². The van der Waals surface area contributed by atoms with Crippen molar-refractivity contribution in [2.45, 2.75) is 19.9 Å². The molecular weight excluding hydrogens is 266 g/mol. The summed E-state index contributed by atoms with van der Waals surface area (Å²) in [4.78, 5) is 0. The number of dihydropyridines is 1. The third kappa shape index (κ3) is 2.89. The van der Waals surface area contributed by atoms with E-state index in [2.05, 4.69) is 86.4 Å². The van der Waals surface area contributed by atoms with Crippen LogP contribution in [0.5, 0.6) is 0 Å². The molecule has 0 saturated heterocycles. The van der Waals surface area contributed by atoms with Gasteiger partial charge in [0.05, 0.1) is 6.04 Å². The fourth-order valence-corrected chi connectivity index (χ4v) is 2.85. The number of allylic oxidation sites excluding steroid dienone is 4. The van der Waals surface area contributed by atoms with Gasteiger partial charge in [-0.25, -0.2) is 0 Å². The van der Waals surface area contributed by atoms with Gasteiger partial charge < -0.3 is 5.32 Å². The molecule has 0 bridgehead atoms. The quantitative estimate of drug-likeness (QED) is 0.787. The molecule has 3 rings (SSSR count). The second-order valence-corrected chi connectivity index (χ2v) is 5.80. The first-order valence-corrected chi connectivity index (χ1v) is 7.62. The minimum Gasteiger partial charge on any atom is -0.378 e. The molecule has 1 unspecified atom stereocenters.